The number of pyridine rings is 1. The number of likely N-dealkylation sites (N-methyl/N-ethyl adjacent to an activating group) is 1. The topological polar surface area (TPSA) is 90.7 Å². The third-order valence-corrected chi connectivity index (χ3v) is 5.20. The molecule has 4 rings (SSSR count). The minimum absolute atomic E-state index is 0. The summed E-state index contributed by atoms with van der Waals surface area (Å²) in [5.74, 6) is 1.71. The van der Waals surface area contributed by atoms with E-state index >= 15 is 0 Å². The summed E-state index contributed by atoms with van der Waals surface area (Å²) in [5.41, 5.74) is 1.89. The number of anilines is 2. The molecule has 2 aromatic carbocycles. The quantitative estimate of drug-likeness (QED) is 0.389. The van der Waals surface area contributed by atoms with Crippen molar-refractivity contribution in [2.24, 2.45) is 0 Å². The lowest BCUT2D eigenvalue weighted by Crippen LogP contribution is -2.27. The minimum atomic E-state index is -0.344. The maximum Gasteiger partial charge on any atom is 0.293 e. The van der Waals surface area contributed by atoms with Crippen LogP contribution < -0.4 is 25.2 Å². The molecule has 184 valence electrons. The number of nitrogens with zero attached hydrogens (tertiary/aromatic N) is 4. The van der Waals surface area contributed by atoms with Crippen molar-refractivity contribution in [3.8, 4) is 22.6 Å². The molecule has 0 atom stereocenters. The lowest BCUT2D eigenvalue weighted by Gasteiger charge is -2.13. The van der Waals surface area contributed by atoms with E-state index in [4.69, 9.17) is 14.3 Å². The van der Waals surface area contributed by atoms with Gasteiger partial charge in [0.1, 0.15) is 25.2 Å². The Labute approximate surface area is 204 Å². The average Bonchev–Trinajstić information content (AvgIpc) is 2.84. The Morgan fingerprint density at radius 1 is 1.03 bits per heavy atom. The molecule has 0 aliphatic rings. The fourth-order valence-electron chi connectivity index (χ4n) is 3.47. The normalized spacial score (nSPS) is 10.7. The van der Waals surface area contributed by atoms with Gasteiger partial charge in [0, 0.05) is 29.4 Å². The Balaban J connectivity index is 0.00000342. The van der Waals surface area contributed by atoms with Crippen LogP contribution in [0.2, 0.25) is 0 Å². The van der Waals surface area contributed by atoms with Crippen LogP contribution in [-0.2, 0) is 0 Å². The molecular weight excluding hydrogens is 446 g/mol. The van der Waals surface area contributed by atoms with Gasteiger partial charge >= 0.3 is 0 Å². The van der Waals surface area contributed by atoms with Gasteiger partial charge in [0.25, 0.3) is 5.56 Å². The molecule has 0 radical (unpaired) electrons. The van der Waals surface area contributed by atoms with Crippen LogP contribution in [0.1, 0.15) is 7.43 Å². The Morgan fingerprint density at radius 3 is 2.46 bits per heavy atom. The molecule has 0 saturated heterocycles. The molecule has 0 saturated carbocycles. The summed E-state index contributed by atoms with van der Waals surface area (Å²) in [6.07, 6.45) is 1.65. The van der Waals surface area contributed by atoms with Gasteiger partial charge in [0.2, 0.25) is 5.95 Å². The van der Waals surface area contributed by atoms with E-state index in [9.17, 15) is 4.79 Å². The number of ether oxygens (including phenoxy) is 2. The third kappa shape index (κ3) is 5.70. The molecule has 0 fully saturated rings. The molecule has 0 amide bonds. The largest absolute Gasteiger partial charge is 0.496 e. The highest BCUT2D eigenvalue weighted by molar-refractivity contribution is 5.83. The highest BCUT2D eigenvalue weighted by Crippen LogP contribution is 2.29. The number of nitrogens with one attached hydrogen (secondary N) is 1. The van der Waals surface area contributed by atoms with Gasteiger partial charge in [-0.15, -0.1) is 4.73 Å². The van der Waals surface area contributed by atoms with Gasteiger partial charge in [-0.25, -0.2) is 4.98 Å². The number of hydrogen-bond donors (Lipinski definition) is 1. The zero-order chi connectivity index (χ0) is 24.1. The van der Waals surface area contributed by atoms with Gasteiger partial charge in [-0.1, -0.05) is 25.6 Å². The number of methoxy groups -OCH3 is 1. The van der Waals surface area contributed by atoms with Crippen molar-refractivity contribution in [1.82, 2.24) is 19.6 Å². The van der Waals surface area contributed by atoms with Crippen LogP contribution in [0.5, 0.6) is 11.5 Å². The van der Waals surface area contributed by atoms with Gasteiger partial charge in [0.05, 0.1) is 12.7 Å². The van der Waals surface area contributed by atoms with Gasteiger partial charge in [-0.2, -0.15) is 4.98 Å². The van der Waals surface area contributed by atoms with E-state index in [-0.39, 0.29) is 13.0 Å². The second-order valence-corrected chi connectivity index (χ2v) is 7.81. The smallest absolute Gasteiger partial charge is 0.293 e. The molecule has 0 unspecified atom stereocenters. The van der Waals surface area contributed by atoms with E-state index in [1.54, 1.807) is 25.4 Å². The van der Waals surface area contributed by atoms with Gasteiger partial charge < -0.3 is 24.5 Å². The highest BCUT2D eigenvalue weighted by Gasteiger charge is 2.16. The molecule has 2 aromatic heterocycles. The first kappa shape index (κ1) is 25.5. The summed E-state index contributed by atoms with van der Waals surface area (Å²) >= 11 is 0. The van der Waals surface area contributed by atoms with E-state index in [1.165, 1.54) is 7.11 Å². The maximum atomic E-state index is 13.2. The Hall–Kier alpha value is -4.11. The van der Waals surface area contributed by atoms with Crippen molar-refractivity contribution in [3.63, 3.8) is 0 Å². The molecule has 9 heteroatoms. The van der Waals surface area contributed by atoms with Crippen molar-refractivity contribution in [1.29, 1.82) is 0 Å². The van der Waals surface area contributed by atoms with Crippen molar-refractivity contribution >= 4 is 22.7 Å². The van der Waals surface area contributed by atoms with E-state index in [0.29, 0.717) is 40.5 Å². The van der Waals surface area contributed by atoms with Crippen LogP contribution in [0.3, 0.4) is 0 Å². The van der Waals surface area contributed by atoms with E-state index in [1.807, 2.05) is 56.6 Å². The number of para-hydroxylation sites is 1. The fourth-order valence-corrected chi connectivity index (χ4v) is 3.47. The number of rotatable bonds is 9. The molecule has 1 N–H and O–H groups in total. The molecule has 4 aromatic rings. The van der Waals surface area contributed by atoms with Crippen molar-refractivity contribution in [2.75, 3.05) is 46.8 Å². The summed E-state index contributed by atoms with van der Waals surface area (Å²) in [5, 5.41) is 3.81. The molecule has 0 spiro atoms. The predicted molar refractivity (Wildman–Crippen MR) is 139 cm³/mol. The SMILES string of the molecule is C.COc1ccccc1-c1cc2cnc(Nc3ccc(OCCN(C)C)cc3)nc2n(OC)c1=O. The summed E-state index contributed by atoms with van der Waals surface area (Å²) in [4.78, 5) is 29.6. The summed E-state index contributed by atoms with van der Waals surface area (Å²) in [6, 6.07) is 16.6. The minimum Gasteiger partial charge on any atom is -0.496 e. The van der Waals surface area contributed by atoms with Crippen LogP contribution in [-0.4, -0.2) is 61.1 Å². The molecule has 2 heterocycles. The maximum absolute atomic E-state index is 13.2. The van der Waals surface area contributed by atoms with Crippen LogP contribution in [0.25, 0.3) is 22.2 Å². The van der Waals surface area contributed by atoms with Crippen LogP contribution in [0.15, 0.2) is 65.6 Å². The Morgan fingerprint density at radius 2 is 1.77 bits per heavy atom. The van der Waals surface area contributed by atoms with Crippen LogP contribution >= 0.6 is 0 Å². The van der Waals surface area contributed by atoms with Crippen molar-refractivity contribution in [3.05, 3.63) is 71.1 Å². The average molecular weight is 478 g/mol. The monoisotopic (exact) mass is 477 g/mol. The van der Waals surface area contributed by atoms with Gasteiger partial charge in [0.15, 0.2) is 5.65 Å². The summed E-state index contributed by atoms with van der Waals surface area (Å²) in [7, 11) is 7.00. The lowest BCUT2D eigenvalue weighted by molar-refractivity contribution is 0.168. The first-order valence-corrected chi connectivity index (χ1v) is 10.8. The number of hydrogen-bond acceptors (Lipinski definition) is 8. The second kappa shape index (κ2) is 11.3. The molecule has 0 aliphatic carbocycles. The molecule has 35 heavy (non-hydrogen) atoms. The standard InChI is InChI=1S/C25H27N5O4.CH4/c1-29(2)13-14-34-19-11-9-18(10-12-19)27-25-26-16-17-15-21(20-7-5-6-8-22(20)32-3)24(31)30(33-4)23(17)28-25;/h5-12,15-16H,13-14H2,1-4H3,(H,26,27,28);1H4. The fraction of sp³-hybridized carbons (Fsp3) is 0.269. The van der Waals surface area contributed by atoms with Crippen molar-refractivity contribution < 1.29 is 14.3 Å². The lowest BCUT2D eigenvalue weighted by atomic mass is 10.1. The zero-order valence-electron chi connectivity index (χ0n) is 19.6. The van der Waals surface area contributed by atoms with Crippen LogP contribution in [0, 0.1) is 0 Å². The van der Waals surface area contributed by atoms with Gasteiger partial charge in [-0.3, -0.25) is 4.79 Å². The Bertz CT molecular complexity index is 1340. The third-order valence-electron chi connectivity index (χ3n) is 5.20. The number of fused-ring (bicyclic) bond motifs is 1. The first-order chi connectivity index (χ1) is 16.5. The van der Waals surface area contributed by atoms with E-state index < -0.39 is 0 Å². The predicted octanol–water partition coefficient (Wildman–Crippen LogP) is 3.85. The number of benzene rings is 2. The number of aromatic nitrogens is 3. The molecular formula is C26H31N5O4. The Kier molecular flexibility index (Phi) is 8.27. The zero-order valence-corrected chi connectivity index (χ0v) is 19.6. The van der Waals surface area contributed by atoms with Gasteiger partial charge in [-0.05, 0) is 50.5 Å². The van der Waals surface area contributed by atoms with E-state index in [0.717, 1.165) is 22.7 Å². The summed E-state index contributed by atoms with van der Waals surface area (Å²) < 4.78 is 12.3. The van der Waals surface area contributed by atoms with E-state index in [2.05, 4.69) is 20.2 Å². The molecule has 9 nitrogen and oxygen atoms in total. The second-order valence-electron chi connectivity index (χ2n) is 7.81. The van der Waals surface area contributed by atoms with Crippen molar-refractivity contribution in [2.45, 2.75) is 7.43 Å². The molecule has 0 bridgehead atoms. The summed E-state index contributed by atoms with van der Waals surface area (Å²) in [6.45, 7) is 1.45. The first-order valence-electron chi connectivity index (χ1n) is 10.8. The van der Waals surface area contributed by atoms with Crippen LogP contribution in [0.4, 0.5) is 11.6 Å². The molecule has 0 aliphatic heterocycles. The highest BCUT2D eigenvalue weighted by atomic mass is 16.6.